The first-order valence-corrected chi connectivity index (χ1v) is 26.0. The molecule has 9 aromatic rings. The Morgan fingerprint density at radius 1 is 0.431 bits per heavy atom. The van der Waals surface area contributed by atoms with Crippen LogP contribution in [0, 0.1) is 13.8 Å². The van der Waals surface area contributed by atoms with Crippen LogP contribution in [0.3, 0.4) is 0 Å². The van der Waals surface area contributed by atoms with Crippen LogP contribution in [0.2, 0.25) is 0 Å². The second-order valence-corrected chi connectivity index (χ2v) is 23.0. The molecule has 0 fully saturated rings. The molecule has 2 aliphatic heterocycles. The number of nitrogens with zero attached hydrogens (tertiary/aromatic N) is 3. The van der Waals surface area contributed by atoms with Crippen LogP contribution < -0.4 is 31.1 Å². The molecule has 72 heavy (non-hydrogen) atoms. The molecule has 0 N–H and O–H groups in total. The van der Waals surface area contributed by atoms with E-state index in [-0.39, 0.29) is 23.0 Å². The summed E-state index contributed by atoms with van der Waals surface area (Å²) in [7, 11) is 0. The van der Waals surface area contributed by atoms with E-state index in [4.69, 9.17) is 0 Å². The summed E-state index contributed by atoms with van der Waals surface area (Å²) in [6, 6.07) is 75.4. The van der Waals surface area contributed by atoms with E-state index in [0.29, 0.717) is 0 Å². The third-order valence-corrected chi connectivity index (χ3v) is 16.2. The van der Waals surface area contributed by atoms with Gasteiger partial charge in [-0.15, -0.1) is 0 Å². The molecule has 0 atom stereocenters. The van der Waals surface area contributed by atoms with Crippen molar-refractivity contribution in [2.24, 2.45) is 0 Å². The zero-order valence-electron chi connectivity index (χ0n) is 43.4. The van der Waals surface area contributed by atoms with E-state index >= 15 is 0 Å². The lowest BCUT2D eigenvalue weighted by molar-refractivity contribution is 0.332. The van der Waals surface area contributed by atoms with Crippen molar-refractivity contribution in [2.75, 3.05) is 14.7 Å². The average Bonchev–Trinajstić information content (AvgIpc) is 3.38. The number of hydrogen-bond donors (Lipinski definition) is 0. The van der Waals surface area contributed by atoms with Crippen LogP contribution in [0.4, 0.5) is 51.2 Å². The Hall–Kier alpha value is -7.56. The van der Waals surface area contributed by atoms with Crippen LogP contribution in [-0.2, 0) is 16.2 Å². The monoisotopic (exact) mass is 934 g/mol. The smallest absolute Gasteiger partial charge is 0.252 e. The molecular weight excluding hydrogens is 870 g/mol. The van der Waals surface area contributed by atoms with Gasteiger partial charge in [0.25, 0.3) is 6.71 Å². The van der Waals surface area contributed by atoms with E-state index in [1.807, 2.05) is 0 Å². The van der Waals surface area contributed by atoms with Gasteiger partial charge in [0.15, 0.2) is 0 Å². The summed E-state index contributed by atoms with van der Waals surface area (Å²) in [4.78, 5) is 7.69. The van der Waals surface area contributed by atoms with E-state index in [1.165, 1.54) is 101 Å². The first kappa shape index (κ1) is 45.6. The molecule has 1 aliphatic carbocycles. The van der Waals surface area contributed by atoms with Crippen molar-refractivity contribution >= 4 is 74.3 Å². The Morgan fingerprint density at radius 2 is 0.944 bits per heavy atom. The fourth-order valence-corrected chi connectivity index (χ4v) is 12.2. The van der Waals surface area contributed by atoms with Gasteiger partial charge in [0.1, 0.15) is 0 Å². The van der Waals surface area contributed by atoms with E-state index in [2.05, 4.69) is 277 Å². The molecule has 3 nitrogen and oxygen atoms in total. The van der Waals surface area contributed by atoms with Crippen LogP contribution in [0.25, 0.3) is 22.3 Å². The summed E-state index contributed by atoms with van der Waals surface area (Å²) < 4.78 is 0. The molecule has 0 radical (unpaired) electrons. The molecule has 12 rings (SSSR count). The van der Waals surface area contributed by atoms with E-state index in [9.17, 15) is 0 Å². The molecular formula is C68H64BN3. The van der Waals surface area contributed by atoms with Gasteiger partial charge in [0.05, 0.1) is 5.69 Å². The van der Waals surface area contributed by atoms with Crippen LogP contribution in [0.5, 0.6) is 0 Å². The number of rotatable bonds is 7. The van der Waals surface area contributed by atoms with E-state index in [1.54, 1.807) is 0 Å². The van der Waals surface area contributed by atoms with Crippen LogP contribution >= 0.6 is 0 Å². The van der Waals surface area contributed by atoms with Gasteiger partial charge in [-0.3, -0.25) is 0 Å². The lowest BCUT2D eigenvalue weighted by atomic mass is 9.33. The standard InChI is InChI=1S/C68H64BN3/c1-45-38-63-65-64(39-45)72(60-34-31-50(66(3,4)5)41-54(60)48-24-16-11-17-25-48)62-44-56-55(67(6,7)36-37-68(56,8)9)43-58(62)69(65)57-42-53(70(51-26-18-12-19-27-51)52-28-20-13-21-29-52)32-35-61(57)71(63)59-33-30-49(40-46(59)2)47-22-14-10-15-23-47/h10-35,38-44H,36-37H2,1-9H3. The van der Waals surface area contributed by atoms with Crippen molar-refractivity contribution in [1.29, 1.82) is 0 Å². The molecule has 2 heterocycles. The molecule has 0 spiro atoms. The molecule has 4 heteroatoms. The number of anilines is 9. The predicted octanol–water partition coefficient (Wildman–Crippen LogP) is 16.8. The van der Waals surface area contributed by atoms with Gasteiger partial charge >= 0.3 is 0 Å². The summed E-state index contributed by atoms with van der Waals surface area (Å²) >= 11 is 0. The Labute approximate surface area is 428 Å². The zero-order valence-corrected chi connectivity index (χ0v) is 43.4. The normalized spacial score (nSPS) is 15.0. The second-order valence-electron chi connectivity index (χ2n) is 23.0. The highest BCUT2D eigenvalue weighted by Crippen LogP contribution is 2.52. The molecule has 3 aliphatic rings. The summed E-state index contributed by atoms with van der Waals surface area (Å²) in [6.07, 6.45) is 2.28. The third-order valence-electron chi connectivity index (χ3n) is 16.2. The maximum absolute atomic E-state index is 2.67. The maximum Gasteiger partial charge on any atom is 0.252 e. The fraction of sp³-hybridized carbons (Fsp3) is 0.206. The molecule has 0 amide bonds. The molecule has 0 saturated carbocycles. The number of para-hydroxylation sites is 2. The Kier molecular flexibility index (Phi) is 10.8. The Bertz CT molecular complexity index is 3500. The average molecular weight is 934 g/mol. The quantitative estimate of drug-likeness (QED) is 0.147. The van der Waals surface area contributed by atoms with Gasteiger partial charge in [-0.2, -0.15) is 0 Å². The number of hydrogen-bond acceptors (Lipinski definition) is 3. The van der Waals surface area contributed by atoms with Gasteiger partial charge in [-0.1, -0.05) is 164 Å². The van der Waals surface area contributed by atoms with Crippen LogP contribution in [0.15, 0.2) is 200 Å². The highest BCUT2D eigenvalue weighted by Gasteiger charge is 2.47. The highest BCUT2D eigenvalue weighted by molar-refractivity contribution is 7.00. The SMILES string of the molecule is Cc1cc2c3c(c1)N(c1ccc(C(C)(C)C)cc1-c1ccccc1)c1cc4c(cc1B3c1cc(N(c3ccccc3)c3ccccc3)ccc1N2c1ccc(-c2ccccc2)cc1C)C(C)(C)CCC4(C)C. The molecule has 0 bridgehead atoms. The highest BCUT2D eigenvalue weighted by atomic mass is 15.2. The minimum atomic E-state index is -0.0643. The van der Waals surface area contributed by atoms with E-state index < -0.39 is 0 Å². The maximum atomic E-state index is 2.67. The Balaban J connectivity index is 1.20. The van der Waals surface area contributed by atoms with Gasteiger partial charge in [-0.25, -0.2) is 0 Å². The van der Waals surface area contributed by atoms with Gasteiger partial charge in [-0.05, 0) is 189 Å². The third kappa shape index (κ3) is 7.57. The van der Waals surface area contributed by atoms with Crippen molar-refractivity contribution in [3.63, 3.8) is 0 Å². The number of fused-ring (bicyclic) bond motifs is 5. The minimum Gasteiger partial charge on any atom is -0.311 e. The largest absolute Gasteiger partial charge is 0.311 e. The van der Waals surface area contributed by atoms with Crippen LogP contribution in [0.1, 0.15) is 89.1 Å². The summed E-state index contributed by atoms with van der Waals surface area (Å²) in [5.74, 6) is 0. The molecule has 0 unspecified atom stereocenters. The Morgan fingerprint density at radius 3 is 1.53 bits per heavy atom. The van der Waals surface area contributed by atoms with Gasteiger partial charge in [0.2, 0.25) is 0 Å². The van der Waals surface area contributed by atoms with Crippen molar-refractivity contribution in [2.45, 2.75) is 91.4 Å². The van der Waals surface area contributed by atoms with E-state index in [0.717, 1.165) is 29.9 Å². The fourth-order valence-electron chi connectivity index (χ4n) is 12.2. The summed E-state index contributed by atoms with van der Waals surface area (Å²) in [5.41, 5.74) is 26.3. The lowest BCUT2D eigenvalue weighted by Gasteiger charge is -2.48. The van der Waals surface area contributed by atoms with Crippen LogP contribution in [-0.4, -0.2) is 6.71 Å². The van der Waals surface area contributed by atoms with Crippen molar-refractivity contribution in [3.8, 4) is 22.3 Å². The lowest BCUT2D eigenvalue weighted by Crippen LogP contribution is -2.62. The number of benzene rings is 9. The molecule has 9 aromatic carbocycles. The van der Waals surface area contributed by atoms with Crippen molar-refractivity contribution in [1.82, 2.24) is 0 Å². The first-order chi connectivity index (χ1) is 34.7. The molecule has 354 valence electrons. The first-order valence-electron chi connectivity index (χ1n) is 26.0. The van der Waals surface area contributed by atoms with Gasteiger partial charge in [0, 0.05) is 51.1 Å². The van der Waals surface area contributed by atoms with Gasteiger partial charge < -0.3 is 14.7 Å². The number of aryl methyl sites for hydroxylation is 2. The summed E-state index contributed by atoms with van der Waals surface area (Å²) in [5, 5.41) is 0. The second kappa shape index (κ2) is 17.1. The van der Waals surface area contributed by atoms with Crippen molar-refractivity contribution < 1.29 is 0 Å². The zero-order chi connectivity index (χ0) is 49.7. The minimum absolute atomic E-state index is 0.00502. The van der Waals surface area contributed by atoms with Crippen molar-refractivity contribution in [3.05, 3.63) is 228 Å². The molecule has 0 saturated heterocycles. The summed E-state index contributed by atoms with van der Waals surface area (Å²) in [6.45, 7) is 21.4. The predicted molar refractivity (Wildman–Crippen MR) is 309 cm³/mol. The molecule has 0 aromatic heterocycles. The topological polar surface area (TPSA) is 9.72 Å².